The highest BCUT2D eigenvalue weighted by Crippen LogP contribution is 2.46. The summed E-state index contributed by atoms with van der Waals surface area (Å²) in [7, 11) is 0. The van der Waals surface area contributed by atoms with Gasteiger partial charge in [-0.1, -0.05) is 140 Å². The van der Waals surface area contributed by atoms with Crippen LogP contribution in [0.25, 0.3) is 103 Å². The van der Waals surface area contributed by atoms with Gasteiger partial charge in [-0.3, -0.25) is 0 Å². The van der Waals surface area contributed by atoms with Gasteiger partial charge in [-0.05, 0) is 100 Å². The van der Waals surface area contributed by atoms with E-state index in [2.05, 4.69) is 216 Å². The molecule has 0 atom stereocenters. The molecule has 62 heavy (non-hydrogen) atoms. The summed E-state index contributed by atoms with van der Waals surface area (Å²) >= 11 is 1.85. The Hall–Kier alpha value is -7.99. The fraction of sp³-hybridized carbons (Fsp3) is 0. The summed E-state index contributed by atoms with van der Waals surface area (Å²) in [6.07, 6.45) is 0. The smallest absolute Gasteiger partial charge is 0.228 e. The fourth-order valence-electron chi connectivity index (χ4n) is 9.62. The molecule has 0 saturated carbocycles. The van der Waals surface area contributed by atoms with Crippen molar-refractivity contribution >= 4 is 103 Å². The Morgan fingerprint density at radius 3 is 2.02 bits per heavy atom. The Kier molecular flexibility index (Phi) is 7.74. The molecule has 3 heterocycles. The molecule has 0 unspecified atom stereocenters. The predicted octanol–water partition coefficient (Wildman–Crippen LogP) is 16.4. The van der Waals surface area contributed by atoms with E-state index in [9.17, 15) is 0 Å². The zero-order valence-electron chi connectivity index (χ0n) is 33.4. The zero-order valence-corrected chi connectivity index (χ0v) is 34.2. The molecule has 0 fully saturated rings. The van der Waals surface area contributed by atoms with Gasteiger partial charge >= 0.3 is 0 Å². The van der Waals surface area contributed by atoms with Gasteiger partial charge < -0.3 is 13.9 Å². The lowest BCUT2D eigenvalue weighted by molar-refractivity contribution is 0.621. The molecule has 3 aromatic heterocycles. The largest absolute Gasteiger partial charge is 0.434 e. The van der Waals surface area contributed by atoms with Gasteiger partial charge in [0, 0.05) is 59.0 Å². The Balaban J connectivity index is 1.04. The number of thiophene rings is 1. The van der Waals surface area contributed by atoms with Crippen molar-refractivity contribution in [2.24, 2.45) is 0 Å². The fourth-order valence-corrected chi connectivity index (χ4v) is 10.8. The molecule has 5 heteroatoms. The van der Waals surface area contributed by atoms with Crippen LogP contribution in [0.5, 0.6) is 0 Å². The van der Waals surface area contributed by atoms with Crippen LogP contribution in [0.2, 0.25) is 0 Å². The minimum Gasteiger partial charge on any atom is -0.434 e. The van der Waals surface area contributed by atoms with Gasteiger partial charge in [0.25, 0.3) is 0 Å². The van der Waals surface area contributed by atoms with E-state index in [-0.39, 0.29) is 0 Å². The van der Waals surface area contributed by atoms with Crippen molar-refractivity contribution in [3.05, 3.63) is 212 Å². The van der Waals surface area contributed by atoms with Crippen LogP contribution in [0.1, 0.15) is 0 Å². The van der Waals surface area contributed by atoms with Crippen molar-refractivity contribution in [2.75, 3.05) is 4.90 Å². The monoisotopic (exact) mass is 809 g/mol. The second kappa shape index (κ2) is 13.8. The van der Waals surface area contributed by atoms with Gasteiger partial charge in [-0.2, -0.15) is 0 Å². The van der Waals surface area contributed by atoms with E-state index in [4.69, 9.17) is 9.40 Å². The standard InChI is InChI=1S/C57H35N3OS/c1-2-16-39(17-3-1)60-50-34-32-41(35-48(50)45-33-29-37-14-5-7-19-44(37)55(45)60)59(40-30-27-38(28-31-40)43-21-11-26-53-54(43)47-20-8-9-25-52(47)62-53)51-24-12-23-49-56(51)61-57(58-49)46-22-10-15-36-13-4-6-18-42(36)46/h1-35H. The van der Waals surface area contributed by atoms with Crippen molar-refractivity contribution in [1.29, 1.82) is 0 Å². The molecule has 0 aliphatic rings. The van der Waals surface area contributed by atoms with Crippen LogP contribution >= 0.6 is 11.3 Å². The summed E-state index contributed by atoms with van der Waals surface area (Å²) in [5.41, 5.74) is 11.3. The SMILES string of the molecule is c1ccc(-n2c3ccc(N(c4ccc(-c5cccc6sc7ccccc7c56)cc4)c4cccc5nc(-c6cccc7ccccc67)oc45)cc3c3ccc4ccccc4c32)cc1. The van der Waals surface area contributed by atoms with Gasteiger partial charge in [0.15, 0.2) is 5.58 Å². The maximum absolute atomic E-state index is 6.90. The number of hydrogen-bond acceptors (Lipinski definition) is 4. The summed E-state index contributed by atoms with van der Waals surface area (Å²) in [6, 6.07) is 76.2. The highest BCUT2D eigenvalue weighted by atomic mass is 32.1. The van der Waals surface area contributed by atoms with Gasteiger partial charge in [-0.25, -0.2) is 4.98 Å². The molecule has 13 rings (SSSR count). The summed E-state index contributed by atoms with van der Waals surface area (Å²) in [4.78, 5) is 7.46. The minimum absolute atomic E-state index is 0.601. The molecule has 0 bridgehead atoms. The van der Waals surface area contributed by atoms with E-state index < -0.39 is 0 Å². The molecule has 0 radical (unpaired) electrons. The van der Waals surface area contributed by atoms with Gasteiger partial charge in [0.1, 0.15) is 5.52 Å². The maximum Gasteiger partial charge on any atom is 0.228 e. The van der Waals surface area contributed by atoms with Crippen molar-refractivity contribution < 1.29 is 4.42 Å². The van der Waals surface area contributed by atoms with E-state index in [1.807, 2.05) is 17.4 Å². The van der Waals surface area contributed by atoms with E-state index >= 15 is 0 Å². The van der Waals surface area contributed by atoms with Gasteiger partial charge in [0.05, 0.1) is 16.7 Å². The summed E-state index contributed by atoms with van der Waals surface area (Å²) in [5.74, 6) is 0.601. The van der Waals surface area contributed by atoms with Crippen molar-refractivity contribution in [3.8, 4) is 28.3 Å². The molecule has 10 aromatic carbocycles. The number of oxazole rings is 1. The normalized spacial score (nSPS) is 11.9. The van der Waals surface area contributed by atoms with E-state index in [0.717, 1.165) is 55.7 Å². The molecule has 13 aromatic rings. The van der Waals surface area contributed by atoms with Gasteiger partial charge in [0.2, 0.25) is 5.89 Å². The van der Waals surface area contributed by atoms with Crippen LogP contribution in [0.3, 0.4) is 0 Å². The van der Waals surface area contributed by atoms with Crippen LogP contribution in [-0.4, -0.2) is 9.55 Å². The number of para-hydroxylation sites is 2. The summed E-state index contributed by atoms with van der Waals surface area (Å²) in [5, 5.41) is 9.67. The van der Waals surface area contributed by atoms with Gasteiger partial charge in [-0.15, -0.1) is 11.3 Å². The molecule has 290 valence electrons. The summed E-state index contributed by atoms with van der Waals surface area (Å²) < 4.78 is 11.9. The van der Waals surface area contributed by atoms with Crippen LogP contribution in [0.15, 0.2) is 217 Å². The topological polar surface area (TPSA) is 34.2 Å². The molecule has 0 aliphatic heterocycles. The molecular weight excluding hydrogens is 775 g/mol. The lowest BCUT2D eigenvalue weighted by atomic mass is 9.99. The predicted molar refractivity (Wildman–Crippen MR) is 262 cm³/mol. The number of benzene rings is 10. The van der Waals surface area contributed by atoms with Crippen LogP contribution < -0.4 is 4.90 Å². The lowest BCUT2D eigenvalue weighted by Gasteiger charge is -2.26. The molecule has 0 aliphatic carbocycles. The number of fused-ring (bicyclic) bond motifs is 10. The first-order valence-electron chi connectivity index (χ1n) is 21.0. The number of hydrogen-bond donors (Lipinski definition) is 0. The molecule has 0 amide bonds. The number of nitrogens with zero attached hydrogens (tertiary/aromatic N) is 3. The Bertz CT molecular complexity index is 3870. The third kappa shape index (κ3) is 5.35. The van der Waals surface area contributed by atoms with Crippen LogP contribution in [0, 0.1) is 0 Å². The average molecular weight is 810 g/mol. The number of rotatable bonds is 6. The summed E-state index contributed by atoms with van der Waals surface area (Å²) in [6.45, 7) is 0. The lowest BCUT2D eigenvalue weighted by Crippen LogP contribution is -2.10. The second-order valence-corrected chi connectivity index (χ2v) is 17.0. The quantitative estimate of drug-likeness (QED) is 0.168. The third-order valence-electron chi connectivity index (χ3n) is 12.4. The second-order valence-electron chi connectivity index (χ2n) is 15.9. The number of aromatic nitrogens is 2. The maximum atomic E-state index is 6.90. The van der Waals surface area contributed by atoms with Crippen molar-refractivity contribution in [3.63, 3.8) is 0 Å². The Labute approximate surface area is 360 Å². The molecule has 0 N–H and O–H groups in total. The molecule has 0 spiro atoms. The van der Waals surface area contributed by atoms with Crippen LogP contribution in [0.4, 0.5) is 17.1 Å². The molecule has 4 nitrogen and oxygen atoms in total. The third-order valence-corrected chi connectivity index (χ3v) is 13.5. The first-order chi connectivity index (χ1) is 30.7. The van der Waals surface area contributed by atoms with Crippen molar-refractivity contribution in [1.82, 2.24) is 9.55 Å². The molecular formula is C57H35N3OS. The van der Waals surface area contributed by atoms with Crippen molar-refractivity contribution in [2.45, 2.75) is 0 Å². The number of anilines is 3. The first kappa shape index (κ1) is 34.8. The average Bonchev–Trinajstić information content (AvgIpc) is 4.04. The highest BCUT2D eigenvalue weighted by molar-refractivity contribution is 7.25. The van der Waals surface area contributed by atoms with E-state index in [1.54, 1.807) is 0 Å². The minimum atomic E-state index is 0.601. The molecule has 0 saturated heterocycles. The zero-order chi connectivity index (χ0) is 40.7. The van der Waals surface area contributed by atoms with E-state index in [0.29, 0.717) is 5.89 Å². The Morgan fingerprint density at radius 1 is 0.468 bits per heavy atom. The van der Waals surface area contributed by atoms with E-state index in [1.165, 1.54) is 58.4 Å². The first-order valence-corrected chi connectivity index (χ1v) is 21.8. The van der Waals surface area contributed by atoms with Crippen LogP contribution in [-0.2, 0) is 0 Å². The highest BCUT2D eigenvalue weighted by Gasteiger charge is 2.23. The Morgan fingerprint density at radius 2 is 1.15 bits per heavy atom.